The molecule has 3 aromatic rings. The molecule has 0 spiro atoms. The number of ether oxygens (including phenoxy) is 2. The van der Waals surface area contributed by atoms with E-state index in [1.165, 1.54) is 11.1 Å². The molecule has 132 valence electrons. The fourth-order valence-electron chi connectivity index (χ4n) is 3.94. The van der Waals surface area contributed by atoms with Gasteiger partial charge in [-0.25, -0.2) is 4.98 Å². The number of aliphatic hydroxyl groups excluding tert-OH is 1. The van der Waals surface area contributed by atoms with Crippen LogP contribution in [0.4, 0.5) is 0 Å². The molecule has 3 heterocycles. The number of rotatable bonds is 3. The van der Waals surface area contributed by atoms with Gasteiger partial charge in [-0.15, -0.1) is 0 Å². The number of fused-ring (bicyclic) bond motifs is 1. The van der Waals surface area contributed by atoms with Crippen molar-refractivity contribution in [3.05, 3.63) is 67.0 Å². The van der Waals surface area contributed by atoms with Crippen LogP contribution in [0.1, 0.15) is 6.04 Å². The van der Waals surface area contributed by atoms with Crippen LogP contribution < -0.4 is 0 Å². The second kappa shape index (κ2) is 6.36. The maximum Gasteiger partial charge on any atom is 0.140 e. The fourth-order valence-corrected chi connectivity index (χ4v) is 3.94. The molecule has 2 aliphatic heterocycles. The van der Waals surface area contributed by atoms with Gasteiger partial charge in [-0.2, -0.15) is 0 Å². The quantitative estimate of drug-likeness (QED) is 0.791. The van der Waals surface area contributed by atoms with Gasteiger partial charge in [-0.05, 0) is 11.1 Å². The molecule has 2 aromatic carbocycles. The normalized spacial score (nSPS) is 27.6. The highest BCUT2D eigenvalue weighted by molar-refractivity contribution is 5.67. The number of hydrogen-bond donors (Lipinski definition) is 1. The summed E-state index contributed by atoms with van der Waals surface area (Å²) in [6.07, 6.45) is 2.86. The second-order valence-corrected chi connectivity index (χ2v) is 6.83. The Balaban J connectivity index is 1.45. The minimum absolute atomic E-state index is 0.0310. The van der Waals surface area contributed by atoms with Gasteiger partial charge in [-0.3, -0.25) is 0 Å². The largest absolute Gasteiger partial charge is 0.388 e. The highest BCUT2D eigenvalue weighted by Crippen LogP contribution is 2.36. The Kier molecular flexibility index (Phi) is 3.85. The molecular weight excluding hydrogens is 328 g/mol. The van der Waals surface area contributed by atoms with E-state index >= 15 is 0 Å². The van der Waals surface area contributed by atoms with E-state index in [0.29, 0.717) is 13.2 Å². The third-order valence-electron chi connectivity index (χ3n) is 5.28. The average Bonchev–Trinajstić information content (AvgIpc) is 3.40. The van der Waals surface area contributed by atoms with Crippen LogP contribution in [-0.2, 0) is 9.47 Å². The van der Waals surface area contributed by atoms with E-state index in [0.717, 1.165) is 11.4 Å². The molecule has 2 aliphatic rings. The summed E-state index contributed by atoms with van der Waals surface area (Å²) in [6, 6.07) is 18.8. The standard InChI is InChI=1S/C21H20N2O3/c24-18-13-26-19-17(12-25-20(18)19)23-11-10-22-21(23)16-8-6-15(7-9-16)14-4-2-1-3-5-14/h1-11,17-20,24H,12-13H2/t17-,18-,19-,20-/m1/s1. The van der Waals surface area contributed by atoms with Crippen LogP contribution in [0.25, 0.3) is 22.5 Å². The van der Waals surface area contributed by atoms with Crippen LogP contribution in [0.15, 0.2) is 67.0 Å². The monoisotopic (exact) mass is 348 g/mol. The third kappa shape index (κ3) is 2.56. The first-order valence-corrected chi connectivity index (χ1v) is 8.91. The zero-order valence-electron chi connectivity index (χ0n) is 14.2. The Labute approximate surface area is 151 Å². The molecule has 1 aromatic heterocycles. The summed E-state index contributed by atoms with van der Waals surface area (Å²) in [5.74, 6) is 0.892. The van der Waals surface area contributed by atoms with Gasteiger partial charge in [0.1, 0.15) is 24.1 Å². The van der Waals surface area contributed by atoms with Crippen LogP contribution >= 0.6 is 0 Å². The molecule has 5 heteroatoms. The van der Waals surface area contributed by atoms with E-state index in [4.69, 9.17) is 9.47 Å². The maximum absolute atomic E-state index is 9.96. The third-order valence-corrected chi connectivity index (χ3v) is 5.28. The van der Waals surface area contributed by atoms with Gasteiger partial charge in [0.2, 0.25) is 0 Å². The molecule has 0 unspecified atom stereocenters. The van der Waals surface area contributed by atoms with E-state index in [9.17, 15) is 5.11 Å². The highest BCUT2D eigenvalue weighted by Gasteiger charge is 2.48. The van der Waals surface area contributed by atoms with Gasteiger partial charge in [0.05, 0.1) is 19.3 Å². The van der Waals surface area contributed by atoms with Crippen molar-refractivity contribution in [1.29, 1.82) is 0 Å². The molecule has 0 radical (unpaired) electrons. The summed E-state index contributed by atoms with van der Waals surface area (Å²) < 4.78 is 13.7. The zero-order valence-corrected chi connectivity index (χ0v) is 14.2. The molecule has 0 amide bonds. The lowest BCUT2D eigenvalue weighted by Gasteiger charge is -2.19. The van der Waals surface area contributed by atoms with Gasteiger partial charge in [0, 0.05) is 18.0 Å². The maximum atomic E-state index is 9.96. The lowest BCUT2D eigenvalue weighted by molar-refractivity contribution is 0.0172. The van der Waals surface area contributed by atoms with Crippen molar-refractivity contribution in [2.24, 2.45) is 0 Å². The summed E-state index contributed by atoms with van der Waals surface area (Å²) in [4.78, 5) is 4.56. The van der Waals surface area contributed by atoms with E-state index < -0.39 is 6.10 Å². The van der Waals surface area contributed by atoms with E-state index in [-0.39, 0.29) is 18.2 Å². The lowest BCUT2D eigenvalue weighted by Crippen LogP contribution is -2.30. The minimum Gasteiger partial charge on any atom is -0.388 e. The highest BCUT2D eigenvalue weighted by atomic mass is 16.6. The van der Waals surface area contributed by atoms with Crippen molar-refractivity contribution >= 4 is 0 Å². The molecule has 2 fully saturated rings. The van der Waals surface area contributed by atoms with E-state index in [1.54, 1.807) is 6.20 Å². The minimum atomic E-state index is -0.540. The van der Waals surface area contributed by atoms with Crippen LogP contribution in [0.3, 0.4) is 0 Å². The van der Waals surface area contributed by atoms with Gasteiger partial charge < -0.3 is 19.1 Å². The Morgan fingerprint density at radius 3 is 2.35 bits per heavy atom. The first-order chi connectivity index (χ1) is 12.8. The van der Waals surface area contributed by atoms with E-state index in [1.807, 2.05) is 24.4 Å². The zero-order chi connectivity index (χ0) is 17.5. The summed E-state index contributed by atoms with van der Waals surface area (Å²) in [5, 5.41) is 9.96. The first kappa shape index (κ1) is 15.8. The van der Waals surface area contributed by atoms with Crippen LogP contribution in [0.5, 0.6) is 0 Å². The number of aliphatic hydroxyl groups is 1. The predicted molar refractivity (Wildman–Crippen MR) is 97.6 cm³/mol. The first-order valence-electron chi connectivity index (χ1n) is 8.91. The average molecular weight is 348 g/mol. The molecule has 26 heavy (non-hydrogen) atoms. The molecule has 1 N–H and O–H groups in total. The van der Waals surface area contributed by atoms with Crippen molar-refractivity contribution in [2.75, 3.05) is 13.2 Å². The number of hydrogen-bond acceptors (Lipinski definition) is 4. The molecule has 0 bridgehead atoms. The van der Waals surface area contributed by atoms with Crippen LogP contribution in [0, 0.1) is 0 Å². The molecule has 5 nitrogen and oxygen atoms in total. The summed E-state index contributed by atoms with van der Waals surface area (Å²) in [5.41, 5.74) is 3.43. The van der Waals surface area contributed by atoms with Gasteiger partial charge in [-0.1, -0.05) is 54.6 Å². The Morgan fingerprint density at radius 1 is 0.846 bits per heavy atom. The fraction of sp³-hybridized carbons (Fsp3) is 0.286. The predicted octanol–water partition coefficient (Wildman–Crippen LogP) is 2.92. The van der Waals surface area contributed by atoms with Crippen molar-refractivity contribution in [1.82, 2.24) is 9.55 Å². The Morgan fingerprint density at radius 2 is 1.54 bits per heavy atom. The van der Waals surface area contributed by atoms with Gasteiger partial charge >= 0.3 is 0 Å². The van der Waals surface area contributed by atoms with E-state index in [2.05, 4.69) is 45.9 Å². The molecule has 0 aliphatic carbocycles. The summed E-state index contributed by atoms with van der Waals surface area (Å²) in [7, 11) is 0. The number of benzene rings is 2. The smallest absolute Gasteiger partial charge is 0.140 e. The van der Waals surface area contributed by atoms with Crippen LogP contribution in [-0.4, -0.2) is 46.2 Å². The molecule has 0 saturated carbocycles. The summed E-state index contributed by atoms with van der Waals surface area (Å²) in [6.45, 7) is 0.861. The van der Waals surface area contributed by atoms with Crippen molar-refractivity contribution < 1.29 is 14.6 Å². The van der Waals surface area contributed by atoms with Crippen molar-refractivity contribution in [2.45, 2.75) is 24.4 Å². The Bertz CT molecular complexity index is 891. The van der Waals surface area contributed by atoms with Gasteiger partial charge in [0.15, 0.2) is 0 Å². The number of aromatic nitrogens is 2. The van der Waals surface area contributed by atoms with Crippen molar-refractivity contribution in [3.63, 3.8) is 0 Å². The van der Waals surface area contributed by atoms with Gasteiger partial charge in [0.25, 0.3) is 0 Å². The number of imidazole rings is 1. The SMILES string of the molecule is O[C@@H]1CO[C@H]2[C@@H]1OC[C@H]2n1ccnc1-c1ccc(-c2ccccc2)cc1. The number of nitrogens with zero attached hydrogens (tertiary/aromatic N) is 2. The molecule has 5 rings (SSSR count). The summed E-state index contributed by atoms with van der Waals surface area (Å²) >= 11 is 0. The molecule has 2 saturated heterocycles. The molecular formula is C21H20N2O3. The van der Waals surface area contributed by atoms with Crippen molar-refractivity contribution in [3.8, 4) is 22.5 Å². The Hall–Kier alpha value is -2.47. The topological polar surface area (TPSA) is 56.5 Å². The second-order valence-electron chi connectivity index (χ2n) is 6.83. The lowest BCUT2D eigenvalue weighted by atomic mass is 10.0. The molecule has 4 atom stereocenters. The van der Waals surface area contributed by atoms with Crippen LogP contribution in [0.2, 0.25) is 0 Å².